The molecule has 1 nitrogen and oxygen atoms in total. The van der Waals surface area contributed by atoms with Crippen molar-refractivity contribution >= 4 is 10.9 Å². The van der Waals surface area contributed by atoms with Crippen molar-refractivity contribution in [3.8, 4) is 5.69 Å². The summed E-state index contributed by atoms with van der Waals surface area (Å²) in [4.78, 5) is 0. The molecule has 21 heavy (non-hydrogen) atoms. The van der Waals surface area contributed by atoms with Crippen LogP contribution in [0.3, 0.4) is 0 Å². The Morgan fingerprint density at radius 1 is 0.762 bits per heavy atom. The molecule has 0 radical (unpaired) electrons. The fourth-order valence-corrected chi connectivity index (χ4v) is 3.26. The molecule has 0 atom stereocenters. The third-order valence-electron chi connectivity index (χ3n) is 4.09. The van der Waals surface area contributed by atoms with E-state index in [1.807, 2.05) is 0 Å². The van der Waals surface area contributed by atoms with Crippen molar-refractivity contribution in [3.63, 3.8) is 0 Å². The summed E-state index contributed by atoms with van der Waals surface area (Å²) in [6.07, 6.45) is 4.67. The summed E-state index contributed by atoms with van der Waals surface area (Å²) in [5.74, 6) is 0. The molecule has 3 rings (SSSR count). The number of hydrogen-bond donors (Lipinski definition) is 0. The maximum atomic E-state index is 2.46. The average molecular weight is 277 g/mol. The first-order valence-corrected chi connectivity index (χ1v) is 8.03. The molecule has 2 aromatic carbocycles. The first kappa shape index (κ1) is 13.9. The van der Waals surface area contributed by atoms with E-state index in [0.717, 1.165) is 12.8 Å². The van der Waals surface area contributed by atoms with Crippen molar-refractivity contribution in [2.24, 2.45) is 0 Å². The highest BCUT2D eigenvalue weighted by Gasteiger charge is 2.16. The van der Waals surface area contributed by atoms with Crippen LogP contribution in [0.15, 0.2) is 54.6 Å². The quantitative estimate of drug-likeness (QED) is 0.577. The maximum absolute atomic E-state index is 2.46. The first-order valence-electron chi connectivity index (χ1n) is 8.03. The molecule has 0 saturated carbocycles. The van der Waals surface area contributed by atoms with Gasteiger partial charge in [0.05, 0.1) is 5.52 Å². The molecule has 0 N–H and O–H groups in total. The molecule has 0 amide bonds. The van der Waals surface area contributed by atoms with E-state index in [0.29, 0.717) is 0 Å². The normalized spacial score (nSPS) is 11.1. The number of rotatable bonds is 5. The number of aryl methyl sites for hydroxylation is 1. The smallest absolute Gasteiger partial charge is 0.0534 e. The molecule has 3 aromatic rings. The molecule has 108 valence electrons. The third kappa shape index (κ3) is 2.49. The molecular formula is C20H23N. The minimum atomic E-state index is 1.14. The number of aromatic nitrogens is 1. The van der Waals surface area contributed by atoms with Gasteiger partial charge in [-0.05, 0) is 36.6 Å². The zero-order valence-electron chi connectivity index (χ0n) is 13.0. The number of benzene rings is 2. The van der Waals surface area contributed by atoms with Gasteiger partial charge in [0.15, 0.2) is 0 Å². The molecule has 1 heteroatoms. The standard InChI is InChI=1S/C20H23N/c1-3-10-17-18-14-8-9-15-20(18)21(19(17)11-4-2)16-12-6-5-7-13-16/h5-9,12-15H,3-4,10-11H2,1-2H3. The Bertz CT molecular complexity index is 722. The van der Waals surface area contributed by atoms with Crippen LogP contribution < -0.4 is 0 Å². The lowest BCUT2D eigenvalue weighted by molar-refractivity contribution is 0.817. The van der Waals surface area contributed by atoms with Gasteiger partial charge in [-0.2, -0.15) is 0 Å². The topological polar surface area (TPSA) is 4.93 Å². The van der Waals surface area contributed by atoms with Gasteiger partial charge < -0.3 is 4.57 Å². The van der Waals surface area contributed by atoms with E-state index in [4.69, 9.17) is 0 Å². The van der Waals surface area contributed by atoms with Crippen molar-refractivity contribution in [1.29, 1.82) is 0 Å². The Morgan fingerprint density at radius 2 is 1.43 bits per heavy atom. The lowest BCUT2D eigenvalue weighted by Crippen LogP contribution is -2.02. The van der Waals surface area contributed by atoms with Gasteiger partial charge in [0.1, 0.15) is 0 Å². The van der Waals surface area contributed by atoms with Gasteiger partial charge in [0.25, 0.3) is 0 Å². The number of para-hydroxylation sites is 2. The van der Waals surface area contributed by atoms with Gasteiger partial charge in [-0.25, -0.2) is 0 Å². The van der Waals surface area contributed by atoms with E-state index in [1.54, 1.807) is 5.56 Å². The van der Waals surface area contributed by atoms with E-state index in [9.17, 15) is 0 Å². The summed E-state index contributed by atoms with van der Waals surface area (Å²) in [6.45, 7) is 4.53. The predicted molar refractivity (Wildman–Crippen MR) is 91.3 cm³/mol. The molecule has 0 fully saturated rings. The van der Waals surface area contributed by atoms with Crippen molar-refractivity contribution in [2.75, 3.05) is 0 Å². The Morgan fingerprint density at radius 3 is 2.14 bits per heavy atom. The minimum Gasteiger partial charge on any atom is -0.313 e. The monoisotopic (exact) mass is 277 g/mol. The second-order valence-electron chi connectivity index (χ2n) is 5.61. The van der Waals surface area contributed by atoms with E-state index in [2.05, 4.69) is 73.0 Å². The fourth-order valence-electron chi connectivity index (χ4n) is 3.26. The highest BCUT2D eigenvalue weighted by atomic mass is 15.0. The Kier molecular flexibility index (Phi) is 4.10. The highest BCUT2D eigenvalue weighted by molar-refractivity contribution is 5.87. The third-order valence-corrected chi connectivity index (χ3v) is 4.09. The summed E-state index contributed by atoms with van der Waals surface area (Å²) >= 11 is 0. The molecule has 0 aliphatic rings. The van der Waals surface area contributed by atoms with Crippen molar-refractivity contribution in [3.05, 3.63) is 65.9 Å². The number of nitrogens with zero attached hydrogens (tertiary/aromatic N) is 1. The van der Waals surface area contributed by atoms with Crippen LogP contribution in [0, 0.1) is 0 Å². The van der Waals surface area contributed by atoms with Crippen LogP contribution in [-0.4, -0.2) is 4.57 Å². The zero-order chi connectivity index (χ0) is 14.7. The Hall–Kier alpha value is -2.02. The van der Waals surface area contributed by atoms with Gasteiger partial charge >= 0.3 is 0 Å². The van der Waals surface area contributed by atoms with Gasteiger partial charge in [-0.3, -0.25) is 0 Å². The summed E-state index contributed by atoms with van der Waals surface area (Å²) in [5, 5.41) is 1.42. The molecular weight excluding hydrogens is 254 g/mol. The number of hydrogen-bond acceptors (Lipinski definition) is 0. The zero-order valence-corrected chi connectivity index (χ0v) is 13.0. The second kappa shape index (κ2) is 6.17. The van der Waals surface area contributed by atoms with Crippen LogP contribution in [0.25, 0.3) is 16.6 Å². The summed E-state index contributed by atoms with van der Waals surface area (Å²) < 4.78 is 2.46. The second-order valence-corrected chi connectivity index (χ2v) is 5.61. The summed E-state index contributed by atoms with van der Waals surface area (Å²) in [5.41, 5.74) is 5.65. The SMILES string of the molecule is CCCc1c(CCC)n(-c2ccccc2)c2ccccc12. The Balaban J connectivity index is 2.33. The van der Waals surface area contributed by atoms with Gasteiger partial charge in [-0.15, -0.1) is 0 Å². The number of fused-ring (bicyclic) bond motifs is 1. The summed E-state index contributed by atoms with van der Waals surface area (Å²) in [6, 6.07) is 19.6. The van der Waals surface area contributed by atoms with E-state index in [-0.39, 0.29) is 0 Å². The molecule has 0 bridgehead atoms. The molecule has 1 aromatic heterocycles. The minimum absolute atomic E-state index is 1.14. The van der Waals surface area contributed by atoms with Crippen molar-refractivity contribution in [1.82, 2.24) is 4.57 Å². The van der Waals surface area contributed by atoms with Crippen LogP contribution in [-0.2, 0) is 12.8 Å². The lowest BCUT2D eigenvalue weighted by atomic mass is 10.0. The molecule has 0 spiro atoms. The molecule has 0 saturated heterocycles. The van der Waals surface area contributed by atoms with Crippen molar-refractivity contribution in [2.45, 2.75) is 39.5 Å². The van der Waals surface area contributed by atoms with Crippen LogP contribution in [0.4, 0.5) is 0 Å². The van der Waals surface area contributed by atoms with Gasteiger partial charge in [-0.1, -0.05) is 63.1 Å². The highest BCUT2D eigenvalue weighted by Crippen LogP contribution is 2.31. The van der Waals surface area contributed by atoms with E-state index in [1.165, 1.54) is 35.1 Å². The van der Waals surface area contributed by atoms with Gasteiger partial charge in [0, 0.05) is 16.8 Å². The lowest BCUT2D eigenvalue weighted by Gasteiger charge is -2.11. The van der Waals surface area contributed by atoms with Crippen LogP contribution in [0.1, 0.15) is 37.9 Å². The molecule has 0 unspecified atom stereocenters. The summed E-state index contributed by atoms with van der Waals surface area (Å²) in [7, 11) is 0. The van der Waals surface area contributed by atoms with Crippen LogP contribution in [0.2, 0.25) is 0 Å². The fraction of sp³-hybridized carbons (Fsp3) is 0.300. The first-order chi connectivity index (χ1) is 10.4. The molecule has 1 heterocycles. The van der Waals surface area contributed by atoms with Crippen molar-refractivity contribution < 1.29 is 0 Å². The molecule has 0 aliphatic carbocycles. The predicted octanol–water partition coefficient (Wildman–Crippen LogP) is 5.54. The average Bonchev–Trinajstić information content (AvgIpc) is 2.83. The van der Waals surface area contributed by atoms with E-state index < -0.39 is 0 Å². The van der Waals surface area contributed by atoms with E-state index >= 15 is 0 Å². The molecule has 0 aliphatic heterocycles. The Labute approximate surface area is 127 Å². The largest absolute Gasteiger partial charge is 0.313 e. The van der Waals surface area contributed by atoms with Crippen LogP contribution in [0.5, 0.6) is 0 Å². The maximum Gasteiger partial charge on any atom is 0.0534 e. The van der Waals surface area contributed by atoms with Gasteiger partial charge in [0.2, 0.25) is 0 Å². The van der Waals surface area contributed by atoms with Crippen LogP contribution >= 0.6 is 0 Å².